The summed E-state index contributed by atoms with van der Waals surface area (Å²) in [6.45, 7) is 1.39. The fourth-order valence-electron chi connectivity index (χ4n) is 1.54. The summed E-state index contributed by atoms with van der Waals surface area (Å²) >= 11 is 4.49. The quantitative estimate of drug-likeness (QED) is 0.670. The number of nitrogens with one attached hydrogen (secondary N) is 1. The summed E-state index contributed by atoms with van der Waals surface area (Å²) in [6.07, 6.45) is 0. The first-order valence-electron chi connectivity index (χ1n) is 5.64. The Morgan fingerprint density at radius 2 is 2.15 bits per heavy atom. The van der Waals surface area contributed by atoms with Crippen LogP contribution in [0.15, 0.2) is 28.7 Å². The first kappa shape index (κ1) is 14.7. The number of nitrogens with zero attached hydrogens (tertiary/aromatic N) is 1. The van der Waals surface area contributed by atoms with Gasteiger partial charge in [-0.1, -0.05) is 33.3 Å². The van der Waals surface area contributed by atoms with E-state index < -0.39 is 5.97 Å². The first-order valence-corrected chi connectivity index (χ1v) is 7.25. The lowest BCUT2D eigenvalue weighted by Crippen LogP contribution is -2.07. The van der Waals surface area contributed by atoms with E-state index in [4.69, 9.17) is 0 Å². The van der Waals surface area contributed by atoms with Crippen molar-refractivity contribution in [3.8, 4) is 0 Å². The second kappa shape index (κ2) is 6.15. The van der Waals surface area contributed by atoms with Crippen molar-refractivity contribution >= 4 is 49.8 Å². The number of rotatable bonds is 4. The molecule has 0 saturated carbocycles. The normalized spacial score (nSPS) is 10.2. The van der Waals surface area contributed by atoms with E-state index >= 15 is 0 Å². The summed E-state index contributed by atoms with van der Waals surface area (Å²) in [7, 11) is 1.26. The Bertz CT molecular complexity index is 669. The number of benzene rings is 1. The van der Waals surface area contributed by atoms with Gasteiger partial charge >= 0.3 is 5.97 Å². The van der Waals surface area contributed by atoms with Gasteiger partial charge < -0.3 is 10.1 Å². The number of thiazole rings is 1. The number of hydrogen-bond donors (Lipinski definition) is 1. The van der Waals surface area contributed by atoms with Gasteiger partial charge in [-0.05, 0) is 18.2 Å². The third-order valence-electron chi connectivity index (χ3n) is 2.40. The highest BCUT2D eigenvalue weighted by Gasteiger charge is 2.21. The maximum Gasteiger partial charge on any atom is 0.358 e. The predicted molar refractivity (Wildman–Crippen MR) is 80.9 cm³/mol. The van der Waals surface area contributed by atoms with Gasteiger partial charge in [0.1, 0.15) is 4.88 Å². The summed E-state index contributed by atoms with van der Waals surface area (Å²) < 4.78 is 5.54. The molecule has 2 aromatic rings. The molecule has 1 N–H and O–H groups in total. The average Bonchev–Trinajstić information content (AvgIpc) is 2.82. The van der Waals surface area contributed by atoms with Crippen LogP contribution in [0.1, 0.15) is 27.1 Å². The number of carbonyl (C=O) groups excluding carboxylic acids is 2. The third-order valence-corrected chi connectivity index (χ3v) is 3.97. The molecule has 0 aliphatic rings. The molecule has 20 heavy (non-hydrogen) atoms. The highest BCUT2D eigenvalue weighted by atomic mass is 79.9. The van der Waals surface area contributed by atoms with Crippen LogP contribution in [0.2, 0.25) is 0 Å². The lowest BCUT2D eigenvalue weighted by Gasteiger charge is -2.02. The van der Waals surface area contributed by atoms with Crippen molar-refractivity contribution in [1.82, 2.24) is 4.98 Å². The van der Waals surface area contributed by atoms with Crippen molar-refractivity contribution in [2.75, 3.05) is 12.4 Å². The molecule has 0 aliphatic heterocycles. The summed E-state index contributed by atoms with van der Waals surface area (Å²) in [5.41, 5.74) is 0.849. The summed E-state index contributed by atoms with van der Waals surface area (Å²) in [6, 6.07) is 7.49. The van der Waals surface area contributed by atoms with Crippen LogP contribution in [0.5, 0.6) is 0 Å². The number of aromatic nitrogens is 1. The molecule has 1 heterocycles. The Kier molecular flexibility index (Phi) is 4.51. The second-order valence-corrected chi connectivity index (χ2v) is 5.79. The van der Waals surface area contributed by atoms with E-state index in [9.17, 15) is 9.59 Å². The van der Waals surface area contributed by atoms with Crippen LogP contribution in [0.3, 0.4) is 0 Å². The molecule has 0 radical (unpaired) electrons. The number of esters is 1. The number of Topliss-reactive ketones (excluding diaryl/α,β-unsaturated/α-hetero) is 1. The van der Waals surface area contributed by atoms with Crippen molar-refractivity contribution in [3.05, 3.63) is 39.3 Å². The fourth-order valence-corrected chi connectivity index (χ4v) is 2.80. The SMILES string of the molecule is COC(=O)c1nc(Nc2cccc(Br)c2)sc1C(C)=O. The average molecular weight is 355 g/mol. The Balaban J connectivity index is 2.34. The van der Waals surface area contributed by atoms with Crippen molar-refractivity contribution in [1.29, 1.82) is 0 Å². The van der Waals surface area contributed by atoms with Gasteiger partial charge in [0, 0.05) is 17.1 Å². The molecule has 0 atom stereocenters. The molecule has 5 nitrogen and oxygen atoms in total. The number of methoxy groups -OCH3 is 1. The smallest absolute Gasteiger partial charge is 0.358 e. The third kappa shape index (κ3) is 3.23. The van der Waals surface area contributed by atoms with Gasteiger partial charge in [-0.25, -0.2) is 9.78 Å². The van der Waals surface area contributed by atoms with Crippen LogP contribution < -0.4 is 5.32 Å². The zero-order valence-corrected chi connectivity index (χ0v) is 13.2. The molecule has 104 valence electrons. The Hall–Kier alpha value is -1.73. The van der Waals surface area contributed by atoms with Gasteiger partial charge in [0.2, 0.25) is 0 Å². The van der Waals surface area contributed by atoms with Crippen LogP contribution in [-0.2, 0) is 4.74 Å². The minimum atomic E-state index is -0.617. The fraction of sp³-hybridized carbons (Fsp3) is 0.154. The van der Waals surface area contributed by atoms with Gasteiger partial charge in [-0.15, -0.1) is 0 Å². The molecule has 0 unspecified atom stereocenters. The topological polar surface area (TPSA) is 68.3 Å². The van der Waals surface area contributed by atoms with Gasteiger partial charge in [0.15, 0.2) is 16.6 Å². The molecular formula is C13H11BrN2O3S. The van der Waals surface area contributed by atoms with Crippen molar-refractivity contribution < 1.29 is 14.3 Å². The van der Waals surface area contributed by atoms with E-state index in [2.05, 4.69) is 31.0 Å². The van der Waals surface area contributed by atoms with E-state index in [1.807, 2.05) is 24.3 Å². The van der Waals surface area contributed by atoms with Crippen LogP contribution in [0, 0.1) is 0 Å². The molecule has 1 aromatic carbocycles. The van der Waals surface area contributed by atoms with Gasteiger partial charge in [0.25, 0.3) is 0 Å². The van der Waals surface area contributed by atoms with Crippen molar-refractivity contribution in [2.45, 2.75) is 6.92 Å². The number of ether oxygens (including phenoxy) is 1. The van der Waals surface area contributed by atoms with Crippen LogP contribution in [-0.4, -0.2) is 23.8 Å². The van der Waals surface area contributed by atoms with E-state index in [0.29, 0.717) is 5.13 Å². The summed E-state index contributed by atoms with van der Waals surface area (Å²) in [4.78, 5) is 27.5. The maximum atomic E-state index is 11.6. The molecule has 2 rings (SSSR count). The molecule has 0 amide bonds. The molecule has 0 bridgehead atoms. The highest BCUT2D eigenvalue weighted by Crippen LogP contribution is 2.28. The van der Waals surface area contributed by atoms with Crippen molar-refractivity contribution in [3.63, 3.8) is 0 Å². The maximum absolute atomic E-state index is 11.6. The number of anilines is 2. The Morgan fingerprint density at radius 3 is 2.75 bits per heavy atom. The zero-order valence-electron chi connectivity index (χ0n) is 10.8. The first-order chi connectivity index (χ1) is 9.51. The van der Waals surface area contributed by atoms with Crippen LogP contribution in [0.25, 0.3) is 0 Å². The van der Waals surface area contributed by atoms with Crippen molar-refractivity contribution in [2.24, 2.45) is 0 Å². The van der Waals surface area contributed by atoms with Crippen LogP contribution >= 0.6 is 27.3 Å². The number of ketones is 1. The van der Waals surface area contributed by atoms with E-state index in [1.54, 1.807) is 0 Å². The van der Waals surface area contributed by atoms with Gasteiger partial charge in [-0.3, -0.25) is 4.79 Å². The molecular weight excluding hydrogens is 344 g/mol. The zero-order chi connectivity index (χ0) is 14.7. The molecule has 1 aromatic heterocycles. The largest absolute Gasteiger partial charge is 0.464 e. The van der Waals surface area contributed by atoms with E-state index in [0.717, 1.165) is 21.5 Å². The molecule has 0 fully saturated rings. The lowest BCUT2D eigenvalue weighted by molar-refractivity contribution is 0.0591. The highest BCUT2D eigenvalue weighted by molar-refractivity contribution is 9.10. The van der Waals surface area contributed by atoms with Crippen LogP contribution in [0.4, 0.5) is 10.8 Å². The second-order valence-electron chi connectivity index (χ2n) is 3.88. The Labute approximate surface area is 128 Å². The minimum absolute atomic E-state index is 0.0440. The molecule has 0 aliphatic carbocycles. The summed E-state index contributed by atoms with van der Waals surface area (Å²) in [5, 5.41) is 3.52. The monoisotopic (exact) mass is 354 g/mol. The standard InChI is InChI=1S/C13H11BrN2O3S/c1-7(17)11-10(12(18)19-2)16-13(20-11)15-9-5-3-4-8(14)6-9/h3-6H,1-2H3,(H,15,16). The molecule has 0 saturated heterocycles. The lowest BCUT2D eigenvalue weighted by atomic mass is 10.3. The number of halogens is 1. The predicted octanol–water partition coefficient (Wildman–Crippen LogP) is 3.64. The van der Waals surface area contributed by atoms with E-state index in [1.165, 1.54) is 14.0 Å². The summed E-state index contributed by atoms with van der Waals surface area (Å²) in [5.74, 6) is -0.834. The van der Waals surface area contributed by atoms with Gasteiger partial charge in [-0.2, -0.15) is 0 Å². The minimum Gasteiger partial charge on any atom is -0.464 e. The Morgan fingerprint density at radius 1 is 1.40 bits per heavy atom. The number of carbonyl (C=O) groups is 2. The molecule has 0 spiro atoms. The molecule has 7 heteroatoms. The van der Waals surface area contributed by atoms with E-state index in [-0.39, 0.29) is 16.4 Å². The van der Waals surface area contributed by atoms with Gasteiger partial charge in [0.05, 0.1) is 7.11 Å². The number of hydrogen-bond acceptors (Lipinski definition) is 6.